The Morgan fingerprint density at radius 2 is 2.31 bits per heavy atom. The molecule has 0 aromatic carbocycles. The molecule has 0 saturated carbocycles. The van der Waals surface area contributed by atoms with Gasteiger partial charge in [-0.3, -0.25) is 0 Å². The van der Waals surface area contributed by atoms with Crippen LogP contribution in [0, 0.1) is 4.84 Å². The lowest BCUT2D eigenvalue weighted by atomic mass is 10.3. The number of halogens is 2. The first-order valence-corrected chi connectivity index (χ1v) is 5.98. The lowest BCUT2D eigenvalue weighted by Gasteiger charge is -1.86. The van der Waals surface area contributed by atoms with E-state index in [1.54, 1.807) is 11.3 Å². The van der Waals surface area contributed by atoms with Gasteiger partial charge in [0.15, 0.2) is 0 Å². The van der Waals surface area contributed by atoms with Crippen molar-refractivity contribution in [3.05, 3.63) is 18.5 Å². The summed E-state index contributed by atoms with van der Waals surface area (Å²) in [7, 11) is 0. The standard InChI is InChI=1S/C6H2Br2N2OS2/c7-3-1-2(4(8)13-3)5-9-10-6(12)11-5/h1H,(H,10,12). The third-order valence-corrected chi connectivity index (χ3v) is 3.84. The molecule has 0 unspecified atom stereocenters. The first-order valence-electron chi connectivity index (χ1n) is 3.17. The minimum absolute atomic E-state index is 0.282. The Morgan fingerprint density at radius 1 is 1.54 bits per heavy atom. The van der Waals surface area contributed by atoms with Crippen LogP contribution in [-0.4, -0.2) is 10.2 Å². The number of nitrogens with one attached hydrogen (secondary N) is 1. The van der Waals surface area contributed by atoms with Crippen molar-refractivity contribution in [2.24, 2.45) is 0 Å². The number of rotatable bonds is 1. The van der Waals surface area contributed by atoms with Crippen molar-refractivity contribution >= 4 is 55.4 Å². The highest BCUT2D eigenvalue weighted by Gasteiger charge is 2.11. The minimum atomic E-state index is 0.282. The number of H-pyrrole nitrogens is 1. The summed E-state index contributed by atoms with van der Waals surface area (Å²) in [6, 6.07) is 1.92. The van der Waals surface area contributed by atoms with Crippen LogP contribution in [0.5, 0.6) is 0 Å². The maximum Gasteiger partial charge on any atom is 0.284 e. The zero-order chi connectivity index (χ0) is 9.42. The highest BCUT2D eigenvalue weighted by atomic mass is 79.9. The number of hydrogen-bond donors (Lipinski definition) is 1. The summed E-state index contributed by atoms with van der Waals surface area (Å²) in [5, 5.41) is 6.49. The van der Waals surface area contributed by atoms with Gasteiger partial charge >= 0.3 is 0 Å². The van der Waals surface area contributed by atoms with Crippen LogP contribution in [-0.2, 0) is 0 Å². The van der Waals surface area contributed by atoms with E-state index in [9.17, 15) is 0 Å². The van der Waals surface area contributed by atoms with Crippen molar-refractivity contribution in [3.63, 3.8) is 0 Å². The summed E-state index contributed by atoms with van der Waals surface area (Å²) in [5.74, 6) is 0.499. The summed E-state index contributed by atoms with van der Waals surface area (Å²) >= 11 is 13.1. The zero-order valence-electron chi connectivity index (χ0n) is 6.01. The second-order valence-electron chi connectivity index (χ2n) is 2.16. The molecule has 1 N–H and O–H groups in total. The largest absolute Gasteiger partial charge is 0.409 e. The molecular weight excluding hydrogens is 340 g/mol. The monoisotopic (exact) mass is 340 g/mol. The molecule has 0 amide bonds. The molecule has 2 heterocycles. The molecule has 0 spiro atoms. The van der Waals surface area contributed by atoms with Crippen LogP contribution < -0.4 is 0 Å². The average Bonchev–Trinajstić information content (AvgIpc) is 2.58. The number of aromatic amines is 1. The Labute approximate surface area is 99.4 Å². The van der Waals surface area contributed by atoms with Crippen molar-refractivity contribution in [1.29, 1.82) is 0 Å². The van der Waals surface area contributed by atoms with Gasteiger partial charge in [0, 0.05) is 0 Å². The van der Waals surface area contributed by atoms with Gasteiger partial charge in [-0.1, -0.05) is 0 Å². The molecule has 0 fully saturated rings. The Hall–Kier alpha value is 0.0200. The molecule has 0 atom stereocenters. The van der Waals surface area contributed by atoms with E-state index in [1.165, 1.54) is 0 Å². The number of nitrogens with zero attached hydrogens (tertiary/aromatic N) is 1. The third kappa shape index (κ3) is 1.93. The second kappa shape index (κ2) is 3.64. The molecule has 0 bridgehead atoms. The fourth-order valence-electron chi connectivity index (χ4n) is 0.831. The topological polar surface area (TPSA) is 41.8 Å². The van der Waals surface area contributed by atoms with Gasteiger partial charge in [0.05, 0.1) is 13.1 Å². The smallest absolute Gasteiger partial charge is 0.284 e. The van der Waals surface area contributed by atoms with Crippen LogP contribution in [0.1, 0.15) is 0 Å². The van der Waals surface area contributed by atoms with E-state index in [4.69, 9.17) is 16.6 Å². The van der Waals surface area contributed by atoms with E-state index >= 15 is 0 Å². The number of thiophene rings is 1. The highest BCUT2D eigenvalue weighted by molar-refractivity contribution is 9.12. The van der Waals surface area contributed by atoms with Gasteiger partial charge in [-0.15, -0.1) is 16.4 Å². The summed E-state index contributed by atoms with van der Waals surface area (Å²) < 4.78 is 7.14. The second-order valence-corrected chi connectivity index (χ2v) is 6.28. The molecule has 2 aromatic rings. The van der Waals surface area contributed by atoms with Gasteiger partial charge in [-0.2, -0.15) is 0 Å². The fourth-order valence-corrected chi connectivity index (χ4v) is 3.73. The molecular formula is C6H2Br2N2OS2. The van der Waals surface area contributed by atoms with Gasteiger partial charge in [0.2, 0.25) is 5.89 Å². The third-order valence-electron chi connectivity index (χ3n) is 1.33. The van der Waals surface area contributed by atoms with E-state index in [1.807, 2.05) is 6.07 Å². The van der Waals surface area contributed by atoms with Crippen LogP contribution in [0.4, 0.5) is 0 Å². The Kier molecular flexibility index (Phi) is 2.68. The van der Waals surface area contributed by atoms with E-state index in [2.05, 4.69) is 42.1 Å². The first-order chi connectivity index (χ1) is 6.16. The Morgan fingerprint density at radius 3 is 2.77 bits per heavy atom. The van der Waals surface area contributed by atoms with Crippen molar-refractivity contribution in [2.45, 2.75) is 0 Å². The first kappa shape index (κ1) is 9.57. The maximum atomic E-state index is 5.17. The normalized spacial score (nSPS) is 10.6. The molecule has 13 heavy (non-hydrogen) atoms. The van der Waals surface area contributed by atoms with Crippen LogP contribution in [0.25, 0.3) is 11.5 Å². The van der Waals surface area contributed by atoms with Gasteiger partial charge in [0.1, 0.15) is 0 Å². The van der Waals surface area contributed by atoms with E-state index in [0.717, 1.165) is 13.1 Å². The Balaban J connectivity index is 2.57. The quantitative estimate of drug-likeness (QED) is 0.797. The maximum absolute atomic E-state index is 5.17. The zero-order valence-corrected chi connectivity index (χ0v) is 10.8. The van der Waals surface area contributed by atoms with E-state index in [-0.39, 0.29) is 4.84 Å². The highest BCUT2D eigenvalue weighted by Crippen LogP contribution is 2.37. The van der Waals surface area contributed by atoms with Gasteiger partial charge in [-0.05, 0) is 50.1 Å². The summed E-state index contributed by atoms with van der Waals surface area (Å²) in [6.07, 6.45) is 0. The van der Waals surface area contributed by atoms with Crippen LogP contribution >= 0.6 is 55.4 Å². The van der Waals surface area contributed by atoms with Crippen LogP contribution in [0.3, 0.4) is 0 Å². The molecule has 2 aromatic heterocycles. The molecule has 0 radical (unpaired) electrons. The molecule has 0 aliphatic rings. The molecule has 2 rings (SSSR count). The van der Waals surface area contributed by atoms with Crippen molar-refractivity contribution < 1.29 is 4.42 Å². The van der Waals surface area contributed by atoms with Gasteiger partial charge < -0.3 is 4.42 Å². The van der Waals surface area contributed by atoms with Crippen LogP contribution in [0.15, 0.2) is 18.1 Å². The van der Waals surface area contributed by atoms with Crippen molar-refractivity contribution in [1.82, 2.24) is 10.2 Å². The average molecular weight is 342 g/mol. The van der Waals surface area contributed by atoms with Crippen LogP contribution in [0.2, 0.25) is 0 Å². The summed E-state index contributed by atoms with van der Waals surface area (Å²) in [6.45, 7) is 0. The summed E-state index contributed by atoms with van der Waals surface area (Å²) in [5.41, 5.74) is 0.893. The lowest BCUT2D eigenvalue weighted by molar-refractivity contribution is 0.552. The molecule has 0 saturated heterocycles. The summed E-state index contributed by atoms with van der Waals surface area (Å²) in [4.78, 5) is 0.282. The van der Waals surface area contributed by atoms with Crippen molar-refractivity contribution in [3.8, 4) is 11.5 Å². The van der Waals surface area contributed by atoms with Gasteiger partial charge in [0.25, 0.3) is 4.84 Å². The fraction of sp³-hybridized carbons (Fsp3) is 0. The van der Waals surface area contributed by atoms with E-state index in [0.29, 0.717) is 5.89 Å². The van der Waals surface area contributed by atoms with E-state index < -0.39 is 0 Å². The minimum Gasteiger partial charge on any atom is -0.409 e. The molecule has 68 valence electrons. The predicted octanol–water partition coefficient (Wildman–Crippen LogP) is 3.99. The molecule has 0 aliphatic heterocycles. The number of hydrogen-bond acceptors (Lipinski definition) is 4. The van der Waals surface area contributed by atoms with Crippen molar-refractivity contribution in [2.75, 3.05) is 0 Å². The molecule has 0 aliphatic carbocycles. The Bertz CT molecular complexity index is 487. The molecule has 7 heteroatoms. The predicted molar refractivity (Wildman–Crippen MR) is 60.4 cm³/mol. The SMILES string of the molecule is S=c1[nH]nc(-c2cc(Br)sc2Br)o1. The number of aromatic nitrogens is 2. The lowest BCUT2D eigenvalue weighted by Crippen LogP contribution is -1.73. The van der Waals surface area contributed by atoms with Gasteiger partial charge in [-0.25, -0.2) is 5.10 Å². The molecule has 3 nitrogen and oxygen atoms in total.